The van der Waals surface area contributed by atoms with E-state index in [4.69, 9.17) is 0 Å². The van der Waals surface area contributed by atoms with Crippen molar-refractivity contribution in [1.29, 1.82) is 0 Å². The molecule has 5 nitrogen and oxygen atoms in total. The van der Waals surface area contributed by atoms with Gasteiger partial charge in [0.25, 0.3) is 0 Å². The highest BCUT2D eigenvalue weighted by molar-refractivity contribution is 7.88. The zero-order chi connectivity index (χ0) is 14.5. The number of nitrogens with one attached hydrogen (secondary N) is 2. The van der Waals surface area contributed by atoms with Gasteiger partial charge in [-0.3, -0.25) is 4.79 Å². The number of carbonyl (C=O) groups excluding carboxylic acids is 1. The molecule has 0 aromatic heterocycles. The molecule has 0 spiro atoms. The number of amides is 1. The molecule has 0 radical (unpaired) electrons. The van der Waals surface area contributed by atoms with E-state index in [-0.39, 0.29) is 17.7 Å². The van der Waals surface area contributed by atoms with Crippen LogP contribution in [-0.4, -0.2) is 20.4 Å². The Bertz CT molecular complexity index is 539. The molecule has 0 saturated carbocycles. The van der Waals surface area contributed by atoms with E-state index >= 15 is 0 Å². The average Bonchev–Trinajstić information content (AvgIpc) is 2.24. The Morgan fingerprint density at radius 2 is 1.89 bits per heavy atom. The molecule has 106 valence electrons. The Morgan fingerprint density at radius 3 is 2.47 bits per heavy atom. The Kier molecular flexibility index (Phi) is 5.50. The highest BCUT2D eigenvalue weighted by atomic mass is 32.2. The van der Waals surface area contributed by atoms with Crippen LogP contribution in [-0.2, 0) is 27.1 Å². The number of benzene rings is 1. The van der Waals surface area contributed by atoms with E-state index in [1.54, 1.807) is 32.0 Å². The van der Waals surface area contributed by atoms with Crippen molar-refractivity contribution in [2.45, 2.75) is 39.1 Å². The van der Waals surface area contributed by atoms with Gasteiger partial charge in [0.1, 0.15) is 0 Å². The van der Waals surface area contributed by atoms with Crippen LogP contribution in [0.5, 0.6) is 0 Å². The fourth-order valence-electron chi connectivity index (χ4n) is 1.68. The van der Waals surface area contributed by atoms with Crippen LogP contribution in [0.3, 0.4) is 0 Å². The maximum Gasteiger partial charge on any atom is 0.217 e. The van der Waals surface area contributed by atoms with Crippen LogP contribution in [0.1, 0.15) is 31.9 Å². The number of hydrogen-bond acceptors (Lipinski definition) is 3. The monoisotopic (exact) mass is 284 g/mol. The third-order valence-electron chi connectivity index (χ3n) is 2.30. The van der Waals surface area contributed by atoms with Crippen molar-refractivity contribution in [3.63, 3.8) is 0 Å². The largest absolute Gasteiger partial charge is 0.352 e. The van der Waals surface area contributed by atoms with Crippen molar-refractivity contribution in [3.8, 4) is 0 Å². The maximum absolute atomic E-state index is 11.8. The lowest BCUT2D eigenvalue weighted by atomic mass is 10.1. The van der Waals surface area contributed by atoms with Crippen LogP contribution in [0.15, 0.2) is 24.3 Å². The smallest absolute Gasteiger partial charge is 0.217 e. The van der Waals surface area contributed by atoms with E-state index in [9.17, 15) is 13.2 Å². The highest BCUT2D eigenvalue weighted by Crippen LogP contribution is 2.09. The van der Waals surface area contributed by atoms with E-state index < -0.39 is 10.0 Å². The van der Waals surface area contributed by atoms with Crippen LogP contribution < -0.4 is 10.0 Å². The summed E-state index contributed by atoms with van der Waals surface area (Å²) in [4.78, 5) is 10.8. The Balaban J connectivity index is 2.74. The molecular formula is C13H20N2O3S. The molecule has 0 fully saturated rings. The topological polar surface area (TPSA) is 75.3 Å². The number of hydrogen-bond donors (Lipinski definition) is 2. The van der Waals surface area contributed by atoms with E-state index in [0.717, 1.165) is 5.56 Å². The lowest BCUT2D eigenvalue weighted by molar-refractivity contribution is -0.119. The number of sulfonamides is 1. The molecule has 0 bridgehead atoms. The lowest BCUT2D eigenvalue weighted by Gasteiger charge is -2.10. The summed E-state index contributed by atoms with van der Waals surface area (Å²) in [5.74, 6) is -0.168. The molecule has 2 N–H and O–H groups in total. The van der Waals surface area contributed by atoms with E-state index in [2.05, 4.69) is 10.0 Å². The summed E-state index contributed by atoms with van der Waals surface area (Å²) in [5.41, 5.74) is 1.59. The summed E-state index contributed by atoms with van der Waals surface area (Å²) >= 11 is 0. The fourth-order valence-corrected chi connectivity index (χ4v) is 3.10. The van der Waals surface area contributed by atoms with Crippen molar-refractivity contribution in [3.05, 3.63) is 35.4 Å². The molecule has 0 heterocycles. The number of rotatable bonds is 6. The van der Waals surface area contributed by atoms with Gasteiger partial charge >= 0.3 is 0 Å². The summed E-state index contributed by atoms with van der Waals surface area (Å²) in [5, 5.41) is 2.68. The molecule has 0 aliphatic carbocycles. The minimum atomic E-state index is -3.32. The SMILES string of the molecule is CC(=O)NCc1cccc(CS(=O)(=O)NC(C)C)c1. The Labute approximate surface area is 114 Å². The van der Waals surface area contributed by atoms with Gasteiger partial charge in [-0.05, 0) is 25.0 Å². The Morgan fingerprint density at radius 1 is 1.26 bits per heavy atom. The van der Waals surface area contributed by atoms with Gasteiger partial charge in [0.05, 0.1) is 5.75 Å². The second-order valence-electron chi connectivity index (χ2n) is 4.76. The van der Waals surface area contributed by atoms with E-state index in [0.29, 0.717) is 12.1 Å². The minimum Gasteiger partial charge on any atom is -0.352 e. The molecule has 1 rings (SSSR count). The summed E-state index contributed by atoms with van der Waals surface area (Å²) in [6.45, 7) is 5.41. The van der Waals surface area contributed by atoms with Crippen molar-refractivity contribution in [2.24, 2.45) is 0 Å². The van der Waals surface area contributed by atoms with Crippen LogP contribution >= 0.6 is 0 Å². The first-order valence-corrected chi connectivity index (χ1v) is 7.76. The standard InChI is InChI=1S/C13H20N2O3S/c1-10(2)15-19(17,18)9-13-6-4-5-12(7-13)8-14-11(3)16/h4-7,10,15H,8-9H2,1-3H3,(H,14,16). The Hall–Kier alpha value is -1.40. The first-order valence-electron chi connectivity index (χ1n) is 6.11. The van der Waals surface area contributed by atoms with Gasteiger partial charge in [-0.1, -0.05) is 24.3 Å². The first-order chi connectivity index (χ1) is 8.78. The predicted molar refractivity (Wildman–Crippen MR) is 74.9 cm³/mol. The van der Waals surface area contributed by atoms with Gasteiger partial charge in [0.2, 0.25) is 15.9 Å². The van der Waals surface area contributed by atoms with E-state index in [1.807, 2.05) is 6.07 Å². The second-order valence-corrected chi connectivity index (χ2v) is 6.52. The molecule has 0 saturated heterocycles. The van der Waals surface area contributed by atoms with Gasteiger partial charge in [-0.25, -0.2) is 13.1 Å². The third kappa shape index (κ3) is 6.35. The van der Waals surface area contributed by atoms with Crippen molar-refractivity contribution >= 4 is 15.9 Å². The minimum absolute atomic E-state index is 0.0565. The van der Waals surface area contributed by atoms with Crippen LogP contribution in [0.25, 0.3) is 0 Å². The number of carbonyl (C=O) groups is 1. The van der Waals surface area contributed by atoms with Gasteiger partial charge in [-0.2, -0.15) is 0 Å². The second kappa shape index (κ2) is 6.68. The summed E-state index contributed by atoms with van der Waals surface area (Å²) < 4.78 is 26.2. The lowest BCUT2D eigenvalue weighted by Crippen LogP contribution is -2.31. The molecular weight excluding hydrogens is 264 g/mol. The summed E-state index contributed by atoms with van der Waals surface area (Å²) in [7, 11) is -3.32. The van der Waals surface area contributed by atoms with Crippen LogP contribution in [0.4, 0.5) is 0 Å². The average molecular weight is 284 g/mol. The molecule has 19 heavy (non-hydrogen) atoms. The van der Waals surface area contributed by atoms with Crippen LogP contribution in [0.2, 0.25) is 0 Å². The maximum atomic E-state index is 11.8. The van der Waals surface area contributed by atoms with Crippen molar-refractivity contribution in [1.82, 2.24) is 10.0 Å². The normalized spacial score (nSPS) is 11.6. The van der Waals surface area contributed by atoms with Crippen LogP contribution in [0, 0.1) is 0 Å². The molecule has 0 aliphatic heterocycles. The summed E-state index contributed by atoms with van der Waals surface area (Å²) in [6, 6.07) is 7.07. The van der Waals surface area contributed by atoms with Gasteiger partial charge in [0, 0.05) is 19.5 Å². The van der Waals surface area contributed by atoms with Gasteiger partial charge in [-0.15, -0.1) is 0 Å². The predicted octanol–water partition coefficient (Wildman–Crippen LogP) is 1.15. The molecule has 0 atom stereocenters. The molecule has 6 heteroatoms. The van der Waals surface area contributed by atoms with Crippen molar-refractivity contribution < 1.29 is 13.2 Å². The molecule has 0 unspecified atom stereocenters. The molecule has 1 amide bonds. The molecule has 1 aromatic carbocycles. The van der Waals surface area contributed by atoms with Gasteiger partial charge < -0.3 is 5.32 Å². The zero-order valence-corrected chi connectivity index (χ0v) is 12.3. The summed E-state index contributed by atoms with van der Waals surface area (Å²) in [6.07, 6.45) is 0. The third-order valence-corrected chi connectivity index (χ3v) is 3.85. The quantitative estimate of drug-likeness (QED) is 0.823. The van der Waals surface area contributed by atoms with E-state index in [1.165, 1.54) is 6.92 Å². The first kappa shape index (κ1) is 15.7. The fraction of sp³-hybridized carbons (Fsp3) is 0.462. The van der Waals surface area contributed by atoms with Crippen molar-refractivity contribution in [2.75, 3.05) is 0 Å². The van der Waals surface area contributed by atoms with Gasteiger partial charge in [0.15, 0.2) is 0 Å². The zero-order valence-electron chi connectivity index (χ0n) is 11.4. The molecule has 1 aromatic rings. The highest BCUT2D eigenvalue weighted by Gasteiger charge is 2.13. The molecule has 0 aliphatic rings.